The summed E-state index contributed by atoms with van der Waals surface area (Å²) in [6, 6.07) is 7.75. The van der Waals surface area contributed by atoms with Crippen LogP contribution in [0.25, 0.3) is 0 Å². The number of hydrogen-bond donors (Lipinski definition) is 1. The van der Waals surface area contributed by atoms with Gasteiger partial charge in [-0.2, -0.15) is 8.42 Å². The normalized spacial score (nSPS) is 10.1. The third-order valence-corrected chi connectivity index (χ3v) is 1.35. The van der Waals surface area contributed by atoms with E-state index < -0.39 is 10.4 Å². The summed E-state index contributed by atoms with van der Waals surface area (Å²) in [7, 11) is -4.38. The summed E-state index contributed by atoms with van der Waals surface area (Å²) in [5.74, 6) is 0.0926. The molecule has 0 aliphatic heterocycles. The minimum absolute atomic E-state index is 0. The molecule has 0 radical (unpaired) electrons. The van der Waals surface area contributed by atoms with Gasteiger partial charge in [-0.1, -0.05) is 18.2 Å². The molecule has 4 nitrogen and oxygen atoms in total. The second kappa shape index (κ2) is 5.33. The molecule has 0 fully saturated rings. The Bertz CT molecular complexity index is 321. The van der Waals surface area contributed by atoms with Gasteiger partial charge in [0.25, 0.3) is 0 Å². The Morgan fingerprint density at radius 1 is 1.17 bits per heavy atom. The summed E-state index contributed by atoms with van der Waals surface area (Å²) >= 11 is 0. The zero-order valence-corrected chi connectivity index (χ0v) is 10.4. The van der Waals surface area contributed by atoms with Gasteiger partial charge in [0.2, 0.25) is 0 Å². The predicted octanol–water partition coefficient (Wildman–Crippen LogP) is -2.13. The molecule has 0 aliphatic carbocycles. The van der Waals surface area contributed by atoms with Gasteiger partial charge in [0.1, 0.15) is 5.75 Å². The maximum Gasteiger partial charge on any atom is 1.00 e. The molecule has 1 N–H and O–H groups in total. The van der Waals surface area contributed by atoms with Gasteiger partial charge in [0, 0.05) is 0 Å². The maximum absolute atomic E-state index is 10.1. The SMILES string of the molecule is O=S(=O)(O)Oc1ccccc1.[K+]. The maximum atomic E-state index is 10.1. The van der Waals surface area contributed by atoms with E-state index in [0.29, 0.717) is 0 Å². The molecule has 12 heavy (non-hydrogen) atoms. The van der Waals surface area contributed by atoms with Crippen molar-refractivity contribution in [1.82, 2.24) is 0 Å². The molecular formula is C6H6KO4S+. The summed E-state index contributed by atoms with van der Waals surface area (Å²) < 4.78 is 32.6. The van der Waals surface area contributed by atoms with Crippen molar-refractivity contribution in [3.8, 4) is 5.75 Å². The fourth-order valence-corrected chi connectivity index (χ4v) is 0.952. The van der Waals surface area contributed by atoms with Crippen LogP contribution in [-0.4, -0.2) is 13.0 Å². The summed E-state index contributed by atoms with van der Waals surface area (Å²) in [5.41, 5.74) is 0. The summed E-state index contributed by atoms with van der Waals surface area (Å²) in [5, 5.41) is 0. The molecule has 0 bridgehead atoms. The molecule has 0 saturated heterocycles. The van der Waals surface area contributed by atoms with Crippen LogP contribution in [0.4, 0.5) is 0 Å². The molecule has 0 unspecified atom stereocenters. The zero-order chi connectivity index (χ0) is 8.32. The average Bonchev–Trinajstić information content (AvgIpc) is 1.85. The molecule has 0 amide bonds. The average molecular weight is 213 g/mol. The fourth-order valence-electron chi connectivity index (χ4n) is 0.598. The Labute approximate surface area is 113 Å². The Kier molecular flexibility index (Phi) is 5.58. The van der Waals surface area contributed by atoms with Crippen LogP contribution >= 0.6 is 0 Å². The second-order valence-corrected chi connectivity index (χ2v) is 2.85. The Morgan fingerprint density at radius 3 is 2.08 bits per heavy atom. The molecule has 1 rings (SSSR count). The molecular weight excluding hydrogens is 207 g/mol. The number of hydrogen-bond acceptors (Lipinski definition) is 3. The topological polar surface area (TPSA) is 63.6 Å². The first-order chi connectivity index (χ1) is 5.08. The summed E-state index contributed by atoms with van der Waals surface area (Å²) in [4.78, 5) is 0. The van der Waals surface area contributed by atoms with Crippen LogP contribution in [0.2, 0.25) is 0 Å². The summed E-state index contributed by atoms with van der Waals surface area (Å²) in [6.45, 7) is 0. The molecule has 6 heteroatoms. The van der Waals surface area contributed by atoms with Crippen molar-refractivity contribution in [3.05, 3.63) is 30.3 Å². The third kappa shape index (κ3) is 5.25. The molecule has 0 aliphatic rings. The van der Waals surface area contributed by atoms with Crippen LogP contribution in [0.15, 0.2) is 30.3 Å². The van der Waals surface area contributed by atoms with E-state index in [9.17, 15) is 8.42 Å². The van der Waals surface area contributed by atoms with Gasteiger partial charge in [0.05, 0.1) is 0 Å². The van der Waals surface area contributed by atoms with Gasteiger partial charge in [0.15, 0.2) is 0 Å². The van der Waals surface area contributed by atoms with Crippen molar-refractivity contribution in [2.24, 2.45) is 0 Å². The molecule has 1 aromatic rings. The predicted molar refractivity (Wildman–Crippen MR) is 38.6 cm³/mol. The molecule has 0 saturated carbocycles. The number of rotatable bonds is 2. The molecule has 60 valence electrons. The number of para-hydroxylation sites is 1. The van der Waals surface area contributed by atoms with Crippen LogP contribution in [-0.2, 0) is 10.4 Å². The van der Waals surface area contributed by atoms with Gasteiger partial charge in [-0.15, -0.1) is 0 Å². The largest absolute Gasteiger partial charge is 1.00 e. The standard InChI is InChI=1S/C6H6O4S.K/c7-11(8,9)10-6-4-2-1-3-5-6;/h1-5H,(H,7,8,9);/q;+1. The van der Waals surface area contributed by atoms with Crippen LogP contribution in [0.1, 0.15) is 0 Å². The van der Waals surface area contributed by atoms with Gasteiger partial charge < -0.3 is 4.18 Å². The molecule has 0 aromatic heterocycles. The van der Waals surface area contributed by atoms with Crippen LogP contribution < -0.4 is 55.6 Å². The van der Waals surface area contributed by atoms with E-state index in [1.807, 2.05) is 0 Å². The van der Waals surface area contributed by atoms with Crippen LogP contribution in [0.5, 0.6) is 5.75 Å². The Balaban J connectivity index is 0.00000121. The monoisotopic (exact) mass is 213 g/mol. The van der Waals surface area contributed by atoms with Crippen molar-refractivity contribution in [1.29, 1.82) is 0 Å². The van der Waals surface area contributed by atoms with Crippen molar-refractivity contribution in [2.45, 2.75) is 0 Å². The van der Waals surface area contributed by atoms with Gasteiger partial charge in [-0.05, 0) is 12.1 Å². The second-order valence-electron chi connectivity index (χ2n) is 1.82. The van der Waals surface area contributed by atoms with Gasteiger partial charge in [-0.3, -0.25) is 4.55 Å². The molecule has 1 aromatic carbocycles. The quantitative estimate of drug-likeness (QED) is 0.450. The Morgan fingerprint density at radius 2 is 1.67 bits per heavy atom. The third-order valence-electron chi connectivity index (χ3n) is 0.945. The van der Waals surface area contributed by atoms with E-state index in [1.165, 1.54) is 12.1 Å². The van der Waals surface area contributed by atoms with E-state index in [0.717, 1.165) is 0 Å². The van der Waals surface area contributed by atoms with Crippen molar-refractivity contribution < 1.29 is 68.5 Å². The van der Waals surface area contributed by atoms with Crippen LogP contribution in [0.3, 0.4) is 0 Å². The first-order valence-corrected chi connectivity index (χ1v) is 4.16. The fraction of sp³-hybridized carbons (Fsp3) is 0. The Hall–Kier alpha value is 0.566. The van der Waals surface area contributed by atoms with Crippen LogP contribution in [0, 0.1) is 0 Å². The number of benzene rings is 1. The van der Waals surface area contributed by atoms with E-state index in [-0.39, 0.29) is 57.1 Å². The first-order valence-electron chi connectivity index (χ1n) is 2.80. The minimum Gasteiger partial charge on any atom is -0.362 e. The molecule has 0 spiro atoms. The molecule has 0 atom stereocenters. The minimum atomic E-state index is -4.38. The van der Waals surface area contributed by atoms with Crippen molar-refractivity contribution in [3.63, 3.8) is 0 Å². The van der Waals surface area contributed by atoms with E-state index >= 15 is 0 Å². The molecule has 0 heterocycles. The van der Waals surface area contributed by atoms with Crippen molar-refractivity contribution in [2.75, 3.05) is 0 Å². The van der Waals surface area contributed by atoms with Gasteiger partial charge in [-0.25, -0.2) is 0 Å². The van der Waals surface area contributed by atoms with E-state index in [4.69, 9.17) is 4.55 Å². The van der Waals surface area contributed by atoms with Crippen molar-refractivity contribution >= 4 is 10.4 Å². The van der Waals surface area contributed by atoms with E-state index in [2.05, 4.69) is 4.18 Å². The van der Waals surface area contributed by atoms with Gasteiger partial charge >= 0.3 is 61.8 Å². The smallest absolute Gasteiger partial charge is 0.362 e. The van der Waals surface area contributed by atoms with E-state index in [1.54, 1.807) is 18.2 Å². The zero-order valence-electron chi connectivity index (χ0n) is 6.47. The summed E-state index contributed by atoms with van der Waals surface area (Å²) in [6.07, 6.45) is 0. The first kappa shape index (κ1) is 12.6.